The first-order valence-corrected chi connectivity index (χ1v) is 6.09. The number of carbonyl (C=O) groups is 1. The minimum atomic E-state index is -0.315. The van der Waals surface area contributed by atoms with E-state index in [1.165, 1.54) is 5.56 Å². The van der Waals surface area contributed by atoms with E-state index in [0.717, 1.165) is 12.1 Å². The lowest BCUT2D eigenvalue weighted by Crippen LogP contribution is -2.24. The van der Waals surface area contributed by atoms with E-state index in [1.807, 2.05) is 37.3 Å². The van der Waals surface area contributed by atoms with Crippen molar-refractivity contribution < 1.29 is 4.79 Å². The third kappa shape index (κ3) is 2.77. The molecule has 0 saturated heterocycles. The summed E-state index contributed by atoms with van der Waals surface area (Å²) in [6, 6.07) is 9.38. The second kappa shape index (κ2) is 5.49. The molecule has 1 heterocycles. The molecule has 2 rings (SSSR count). The molecular formula is C14H17N3O. The van der Waals surface area contributed by atoms with Crippen LogP contribution >= 0.6 is 0 Å². The second-order valence-corrected chi connectivity index (χ2v) is 4.21. The average Bonchev–Trinajstić information content (AvgIpc) is 2.92. The van der Waals surface area contributed by atoms with E-state index < -0.39 is 0 Å². The molecule has 1 aromatic heterocycles. The predicted molar refractivity (Wildman–Crippen MR) is 71.4 cm³/mol. The van der Waals surface area contributed by atoms with Crippen LogP contribution in [0.25, 0.3) is 0 Å². The zero-order valence-corrected chi connectivity index (χ0v) is 10.6. The van der Waals surface area contributed by atoms with E-state index in [1.54, 1.807) is 17.1 Å². The smallest absolute Gasteiger partial charge is 0.248 e. The van der Waals surface area contributed by atoms with E-state index in [0.29, 0.717) is 0 Å². The fourth-order valence-corrected chi connectivity index (χ4v) is 1.75. The highest BCUT2D eigenvalue weighted by Crippen LogP contribution is 2.13. The van der Waals surface area contributed by atoms with Crippen LogP contribution in [-0.4, -0.2) is 15.7 Å². The average molecular weight is 243 g/mol. The molecular weight excluding hydrogens is 226 g/mol. The van der Waals surface area contributed by atoms with Crippen molar-refractivity contribution in [3.05, 3.63) is 48.3 Å². The van der Waals surface area contributed by atoms with Gasteiger partial charge in [-0.25, -0.2) is 0 Å². The van der Waals surface area contributed by atoms with Crippen LogP contribution in [0.5, 0.6) is 0 Å². The van der Waals surface area contributed by atoms with Crippen LogP contribution in [0.4, 0.5) is 5.69 Å². The number of anilines is 1. The van der Waals surface area contributed by atoms with Gasteiger partial charge in [-0.3, -0.25) is 9.48 Å². The zero-order chi connectivity index (χ0) is 13.0. The second-order valence-electron chi connectivity index (χ2n) is 4.21. The van der Waals surface area contributed by atoms with E-state index in [9.17, 15) is 4.79 Å². The van der Waals surface area contributed by atoms with Crippen molar-refractivity contribution in [1.82, 2.24) is 9.78 Å². The normalized spacial score (nSPS) is 12.1. The van der Waals surface area contributed by atoms with E-state index in [-0.39, 0.29) is 11.9 Å². The highest BCUT2D eigenvalue weighted by Gasteiger charge is 2.14. The molecule has 1 amide bonds. The number of nitrogens with zero attached hydrogens (tertiary/aromatic N) is 2. The zero-order valence-electron chi connectivity index (χ0n) is 10.6. The number of rotatable bonds is 4. The van der Waals surface area contributed by atoms with Crippen molar-refractivity contribution in [1.29, 1.82) is 0 Å². The van der Waals surface area contributed by atoms with Gasteiger partial charge in [0.15, 0.2) is 0 Å². The summed E-state index contributed by atoms with van der Waals surface area (Å²) in [5, 5.41) is 6.97. The molecule has 0 radical (unpaired) electrons. The monoisotopic (exact) mass is 243 g/mol. The Bertz CT molecular complexity index is 520. The SMILES string of the molecule is CCc1cccc(NC(=O)[C@@H](C)n2cccn2)c1. The first-order chi connectivity index (χ1) is 8.70. The molecule has 4 heteroatoms. The summed E-state index contributed by atoms with van der Waals surface area (Å²) >= 11 is 0. The van der Waals surface area contributed by atoms with Crippen molar-refractivity contribution in [3.63, 3.8) is 0 Å². The quantitative estimate of drug-likeness (QED) is 0.897. The van der Waals surface area contributed by atoms with Crippen LogP contribution in [0.15, 0.2) is 42.7 Å². The Labute approximate surface area is 107 Å². The van der Waals surface area contributed by atoms with Crippen LogP contribution in [-0.2, 0) is 11.2 Å². The molecule has 0 bridgehead atoms. The first-order valence-electron chi connectivity index (χ1n) is 6.09. The number of hydrogen-bond acceptors (Lipinski definition) is 2. The van der Waals surface area contributed by atoms with E-state index >= 15 is 0 Å². The molecule has 1 N–H and O–H groups in total. The molecule has 0 fully saturated rings. The number of amides is 1. The van der Waals surface area contributed by atoms with Crippen LogP contribution in [0.3, 0.4) is 0 Å². The van der Waals surface area contributed by atoms with Crippen molar-refractivity contribution in [3.8, 4) is 0 Å². The minimum absolute atomic E-state index is 0.0630. The standard InChI is InChI=1S/C14H17N3O/c1-3-12-6-4-7-13(10-12)16-14(18)11(2)17-9-5-8-15-17/h4-11H,3H2,1-2H3,(H,16,18)/t11-/m1/s1. The first kappa shape index (κ1) is 12.4. The van der Waals surface area contributed by atoms with Crippen molar-refractivity contribution in [2.45, 2.75) is 26.3 Å². The summed E-state index contributed by atoms with van der Waals surface area (Å²) in [6.45, 7) is 3.92. The lowest BCUT2D eigenvalue weighted by molar-refractivity contribution is -0.119. The predicted octanol–water partition coefficient (Wildman–Crippen LogP) is 2.65. The van der Waals surface area contributed by atoms with Gasteiger partial charge in [0.2, 0.25) is 5.91 Å². The Balaban J connectivity index is 2.06. The molecule has 4 nitrogen and oxygen atoms in total. The fraction of sp³-hybridized carbons (Fsp3) is 0.286. The Kier molecular flexibility index (Phi) is 3.77. The minimum Gasteiger partial charge on any atom is -0.324 e. The number of benzene rings is 1. The van der Waals surface area contributed by atoms with Gasteiger partial charge in [0, 0.05) is 18.1 Å². The molecule has 0 saturated carbocycles. The maximum atomic E-state index is 12.0. The Morgan fingerprint density at radius 2 is 2.28 bits per heavy atom. The molecule has 0 aliphatic heterocycles. The van der Waals surface area contributed by atoms with Gasteiger partial charge >= 0.3 is 0 Å². The van der Waals surface area contributed by atoms with Gasteiger partial charge < -0.3 is 5.32 Å². The van der Waals surface area contributed by atoms with Crippen molar-refractivity contribution >= 4 is 11.6 Å². The summed E-state index contributed by atoms with van der Waals surface area (Å²) < 4.78 is 1.64. The molecule has 94 valence electrons. The topological polar surface area (TPSA) is 46.9 Å². The molecule has 0 aliphatic carbocycles. The number of carbonyl (C=O) groups excluding carboxylic acids is 1. The van der Waals surface area contributed by atoms with Crippen LogP contribution in [0.1, 0.15) is 25.5 Å². The third-order valence-corrected chi connectivity index (χ3v) is 2.90. The Hall–Kier alpha value is -2.10. The molecule has 0 spiro atoms. The number of aryl methyl sites for hydroxylation is 1. The van der Waals surface area contributed by atoms with Gasteiger partial charge in [-0.2, -0.15) is 5.10 Å². The highest BCUT2D eigenvalue weighted by atomic mass is 16.2. The lowest BCUT2D eigenvalue weighted by atomic mass is 10.1. The summed E-state index contributed by atoms with van der Waals surface area (Å²) in [4.78, 5) is 12.0. The van der Waals surface area contributed by atoms with Gasteiger partial charge in [-0.1, -0.05) is 19.1 Å². The maximum Gasteiger partial charge on any atom is 0.248 e. The summed E-state index contributed by atoms with van der Waals surface area (Å²) in [5.74, 6) is -0.0630. The van der Waals surface area contributed by atoms with Crippen LogP contribution in [0, 0.1) is 0 Å². The number of hydrogen-bond donors (Lipinski definition) is 1. The van der Waals surface area contributed by atoms with Gasteiger partial charge in [-0.15, -0.1) is 0 Å². The van der Waals surface area contributed by atoms with Crippen molar-refractivity contribution in [2.75, 3.05) is 5.32 Å². The Morgan fingerprint density at radius 3 is 2.94 bits per heavy atom. The molecule has 1 aromatic carbocycles. The lowest BCUT2D eigenvalue weighted by Gasteiger charge is -2.13. The molecule has 0 unspecified atom stereocenters. The fourth-order valence-electron chi connectivity index (χ4n) is 1.75. The van der Waals surface area contributed by atoms with E-state index in [4.69, 9.17) is 0 Å². The van der Waals surface area contributed by atoms with Crippen LogP contribution < -0.4 is 5.32 Å². The maximum absolute atomic E-state index is 12.0. The molecule has 1 atom stereocenters. The number of aromatic nitrogens is 2. The summed E-state index contributed by atoms with van der Waals surface area (Å²) in [5.41, 5.74) is 2.04. The summed E-state index contributed by atoms with van der Waals surface area (Å²) in [7, 11) is 0. The van der Waals surface area contributed by atoms with Crippen molar-refractivity contribution in [2.24, 2.45) is 0 Å². The van der Waals surface area contributed by atoms with Crippen LogP contribution in [0.2, 0.25) is 0 Å². The third-order valence-electron chi connectivity index (χ3n) is 2.90. The summed E-state index contributed by atoms with van der Waals surface area (Å²) in [6.07, 6.45) is 4.41. The molecule has 0 aliphatic rings. The van der Waals surface area contributed by atoms with Gasteiger partial charge in [0.05, 0.1) is 0 Å². The number of nitrogens with one attached hydrogen (secondary N) is 1. The Morgan fingerprint density at radius 1 is 1.44 bits per heavy atom. The highest BCUT2D eigenvalue weighted by molar-refractivity contribution is 5.93. The van der Waals surface area contributed by atoms with E-state index in [2.05, 4.69) is 17.3 Å². The van der Waals surface area contributed by atoms with Gasteiger partial charge in [0.1, 0.15) is 6.04 Å². The van der Waals surface area contributed by atoms with Gasteiger partial charge in [-0.05, 0) is 37.1 Å². The largest absolute Gasteiger partial charge is 0.324 e. The van der Waals surface area contributed by atoms with Gasteiger partial charge in [0.25, 0.3) is 0 Å². The molecule has 2 aromatic rings. The molecule has 18 heavy (non-hydrogen) atoms.